The highest BCUT2D eigenvalue weighted by Gasteiger charge is 2.40. The second kappa shape index (κ2) is 6.04. The lowest BCUT2D eigenvalue weighted by Crippen LogP contribution is -2.47. The average molecular weight is 298 g/mol. The van der Waals surface area contributed by atoms with Gasteiger partial charge in [-0.3, -0.25) is 0 Å². The van der Waals surface area contributed by atoms with E-state index < -0.39 is 0 Å². The van der Waals surface area contributed by atoms with Crippen molar-refractivity contribution in [2.45, 2.75) is 37.5 Å². The Bertz CT molecular complexity index is 434. The molecule has 1 aromatic carbocycles. The van der Waals surface area contributed by atoms with Crippen LogP contribution in [0.15, 0.2) is 24.3 Å². The van der Waals surface area contributed by atoms with Crippen molar-refractivity contribution in [3.8, 4) is 0 Å². The molecule has 2 fully saturated rings. The van der Waals surface area contributed by atoms with Crippen LogP contribution in [0.5, 0.6) is 0 Å². The van der Waals surface area contributed by atoms with Gasteiger partial charge >= 0.3 is 0 Å². The Kier molecular flexibility index (Phi) is 4.37. The smallest absolute Gasteiger partial charge is 0.0795 e. The summed E-state index contributed by atoms with van der Waals surface area (Å²) in [6, 6.07) is 8.67. The first-order chi connectivity index (χ1) is 9.26. The lowest BCUT2D eigenvalue weighted by Gasteiger charge is -2.38. The van der Waals surface area contributed by atoms with Crippen LogP contribution in [0.2, 0.25) is 5.02 Å². The molecule has 0 bridgehead atoms. The van der Waals surface area contributed by atoms with E-state index in [4.69, 9.17) is 16.3 Å². The van der Waals surface area contributed by atoms with Crippen LogP contribution in [0.1, 0.15) is 24.8 Å². The third kappa shape index (κ3) is 3.46. The molecule has 3 rings (SSSR count). The predicted octanol–water partition coefficient (Wildman–Crippen LogP) is 3.48. The molecule has 2 aliphatic heterocycles. The molecule has 2 heterocycles. The molecular weight excluding hydrogens is 278 g/mol. The van der Waals surface area contributed by atoms with Gasteiger partial charge in [-0.25, -0.2) is 0 Å². The quantitative estimate of drug-likeness (QED) is 0.923. The first kappa shape index (κ1) is 13.7. The Morgan fingerprint density at radius 2 is 2.42 bits per heavy atom. The second-order valence-electron chi connectivity index (χ2n) is 5.53. The largest absolute Gasteiger partial charge is 0.374 e. The maximum Gasteiger partial charge on any atom is 0.0795 e. The summed E-state index contributed by atoms with van der Waals surface area (Å²) >= 11 is 8.04. The summed E-state index contributed by atoms with van der Waals surface area (Å²) in [5, 5.41) is 4.48. The summed E-state index contributed by atoms with van der Waals surface area (Å²) in [6.07, 6.45) is 3.49. The van der Waals surface area contributed by atoms with Gasteiger partial charge in [0.05, 0.1) is 5.60 Å². The van der Waals surface area contributed by atoms with Gasteiger partial charge in [-0.1, -0.05) is 23.7 Å². The molecule has 2 saturated heterocycles. The van der Waals surface area contributed by atoms with Crippen molar-refractivity contribution in [1.82, 2.24) is 5.32 Å². The first-order valence-corrected chi connectivity index (χ1v) is 8.49. The molecule has 0 aromatic heterocycles. The van der Waals surface area contributed by atoms with Crippen LogP contribution in [0.4, 0.5) is 0 Å². The monoisotopic (exact) mass is 297 g/mol. The van der Waals surface area contributed by atoms with E-state index in [1.807, 2.05) is 30.0 Å². The number of rotatable bonds is 3. The number of nitrogens with one attached hydrogen (secondary N) is 1. The number of hydrogen-bond donors (Lipinski definition) is 1. The van der Waals surface area contributed by atoms with E-state index in [9.17, 15) is 0 Å². The molecule has 2 nitrogen and oxygen atoms in total. The molecule has 1 spiro atoms. The topological polar surface area (TPSA) is 21.3 Å². The fourth-order valence-electron chi connectivity index (χ4n) is 2.97. The van der Waals surface area contributed by atoms with E-state index >= 15 is 0 Å². The van der Waals surface area contributed by atoms with Crippen molar-refractivity contribution in [3.05, 3.63) is 34.9 Å². The summed E-state index contributed by atoms with van der Waals surface area (Å²) in [4.78, 5) is 0. The maximum atomic E-state index is 6.05. The minimum atomic E-state index is 0.162. The molecule has 19 heavy (non-hydrogen) atoms. The van der Waals surface area contributed by atoms with Crippen LogP contribution in [0.3, 0.4) is 0 Å². The van der Waals surface area contributed by atoms with Crippen molar-refractivity contribution in [2.24, 2.45) is 0 Å². The Labute approximate surface area is 124 Å². The van der Waals surface area contributed by atoms with Gasteiger partial charge in [-0.2, -0.15) is 11.8 Å². The lowest BCUT2D eigenvalue weighted by molar-refractivity contribution is -0.0703. The highest BCUT2D eigenvalue weighted by molar-refractivity contribution is 7.99. The summed E-state index contributed by atoms with van der Waals surface area (Å²) < 4.78 is 6.05. The minimum absolute atomic E-state index is 0.162. The van der Waals surface area contributed by atoms with E-state index in [1.165, 1.54) is 23.5 Å². The van der Waals surface area contributed by atoms with Gasteiger partial charge < -0.3 is 10.1 Å². The highest BCUT2D eigenvalue weighted by Crippen LogP contribution is 2.38. The number of benzene rings is 1. The van der Waals surface area contributed by atoms with Crippen molar-refractivity contribution in [1.29, 1.82) is 0 Å². The molecule has 0 aliphatic carbocycles. The molecular formula is C15H20ClNOS. The van der Waals surface area contributed by atoms with Crippen LogP contribution < -0.4 is 5.32 Å². The SMILES string of the molecule is Clc1cccc(CNC2CCOC3(CCSC3)C2)c1. The van der Waals surface area contributed by atoms with Gasteiger partial charge in [0.15, 0.2) is 0 Å². The van der Waals surface area contributed by atoms with E-state index in [0.29, 0.717) is 6.04 Å². The second-order valence-corrected chi connectivity index (χ2v) is 7.08. The zero-order chi connectivity index (χ0) is 13.1. The Balaban J connectivity index is 1.55. The van der Waals surface area contributed by atoms with Crippen LogP contribution in [-0.4, -0.2) is 29.8 Å². The molecule has 0 radical (unpaired) electrons. The first-order valence-electron chi connectivity index (χ1n) is 6.95. The van der Waals surface area contributed by atoms with Gasteiger partial charge in [-0.05, 0) is 42.7 Å². The Morgan fingerprint density at radius 3 is 3.21 bits per heavy atom. The Hall–Kier alpha value is -0.220. The molecule has 2 atom stereocenters. The van der Waals surface area contributed by atoms with E-state index in [0.717, 1.165) is 31.0 Å². The lowest BCUT2D eigenvalue weighted by atomic mass is 9.90. The van der Waals surface area contributed by atoms with Crippen molar-refractivity contribution < 1.29 is 4.74 Å². The molecule has 0 amide bonds. The molecule has 4 heteroatoms. The molecule has 2 unspecified atom stereocenters. The van der Waals surface area contributed by atoms with Gasteiger partial charge in [-0.15, -0.1) is 0 Å². The third-order valence-corrected chi connectivity index (χ3v) is 5.50. The Morgan fingerprint density at radius 1 is 1.47 bits per heavy atom. The summed E-state index contributed by atoms with van der Waals surface area (Å²) in [5.74, 6) is 2.42. The van der Waals surface area contributed by atoms with Gasteiger partial charge in [0.2, 0.25) is 0 Å². The zero-order valence-electron chi connectivity index (χ0n) is 11.0. The van der Waals surface area contributed by atoms with Crippen molar-refractivity contribution >= 4 is 23.4 Å². The van der Waals surface area contributed by atoms with Gasteiger partial charge in [0.25, 0.3) is 0 Å². The summed E-state index contributed by atoms with van der Waals surface area (Å²) in [5.41, 5.74) is 1.42. The zero-order valence-corrected chi connectivity index (χ0v) is 12.6. The molecule has 104 valence electrons. The molecule has 0 saturated carbocycles. The average Bonchev–Trinajstić information content (AvgIpc) is 2.85. The van der Waals surface area contributed by atoms with Crippen LogP contribution in [0.25, 0.3) is 0 Å². The van der Waals surface area contributed by atoms with Gasteiger partial charge in [0.1, 0.15) is 0 Å². The van der Waals surface area contributed by atoms with Gasteiger partial charge in [0, 0.05) is 30.0 Å². The van der Waals surface area contributed by atoms with E-state index in [1.54, 1.807) is 0 Å². The normalized spacial score (nSPS) is 30.9. The van der Waals surface area contributed by atoms with Crippen molar-refractivity contribution in [3.63, 3.8) is 0 Å². The van der Waals surface area contributed by atoms with E-state index in [-0.39, 0.29) is 5.60 Å². The number of halogens is 1. The van der Waals surface area contributed by atoms with Crippen molar-refractivity contribution in [2.75, 3.05) is 18.1 Å². The highest BCUT2D eigenvalue weighted by atomic mass is 35.5. The molecule has 1 N–H and O–H groups in total. The summed E-state index contributed by atoms with van der Waals surface area (Å²) in [7, 11) is 0. The minimum Gasteiger partial charge on any atom is -0.374 e. The standard InChI is InChI=1S/C15H20ClNOS/c16-13-3-1-2-12(8-13)10-17-14-4-6-18-15(9-14)5-7-19-11-15/h1-3,8,14,17H,4-7,9-11H2. The third-order valence-electron chi connectivity index (χ3n) is 4.04. The van der Waals surface area contributed by atoms with Crippen LogP contribution in [0, 0.1) is 0 Å². The van der Waals surface area contributed by atoms with Crippen LogP contribution in [-0.2, 0) is 11.3 Å². The molecule has 2 aliphatic rings. The summed E-state index contributed by atoms with van der Waals surface area (Å²) in [6.45, 7) is 1.79. The fourth-order valence-corrected chi connectivity index (χ4v) is 4.57. The number of ether oxygens (including phenoxy) is 1. The predicted molar refractivity (Wildman–Crippen MR) is 81.9 cm³/mol. The fraction of sp³-hybridized carbons (Fsp3) is 0.600. The molecule has 1 aromatic rings. The number of thioether (sulfide) groups is 1. The van der Waals surface area contributed by atoms with Crippen LogP contribution >= 0.6 is 23.4 Å². The number of hydrogen-bond acceptors (Lipinski definition) is 3. The van der Waals surface area contributed by atoms with E-state index in [2.05, 4.69) is 11.4 Å². The maximum absolute atomic E-state index is 6.05.